The lowest BCUT2D eigenvalue weighted by molar-refractivity contribution is 0.0743. The Morgan fingerprint density at radius 1 is 1.38 bits per heavy atom. The van der Waals surface area contributed by atoms with Crippen LogP contribution in [0.5, 0.6) is 0 Å². The van der Waals surface area contributed by atoms with Gasteiger partial charge in [-0.05, 0) is 24.3 Å². The molecule has 0 heterocycles. The molecule has 1 rings (SSSR count). The Labute approximate surface area is 94.3 Å². The molecule has 1 atom stereocenters. The number of hydrogen-bond donors (Lipinski definition) is 2. The highest BCUT2D eigenvalue weighted by atomic mass is 19.1. The van der Waals surface area contributed by atoms with Crippen LogP contribution >= 0.6 is 0 Å². The molecule has 2 N–H and O–H groups in total. The van der Waals surface area contributed by atoms with Gasteiger partial charge in [-0.1, -0.05) is 13.8 Å². The predicted molar refractivity (Wildman–Crippen MR) is 59.9 cm³/mol. The molecule has 1 aromatic rings. The zero-order valence-corrected chi connectivity index (χ0v) is 9.40. The number of Topliss-reactive ketones (excluding diaryl/α,β-unsaturated/α-hetero) is 1. The molecule has 3 nitrogen and oxygen atoms in total. The van der Waals surface area contributed by atoms with Crippen molar-refractivity contribution in [1.82, 2.24) is 5.32 Å². The van der Waals surface area contributed by atoms with Crippen molar-refractivity contribution in [3.05, 3.63) is 35.6 Å². The summed E-state index contributed by atoms with van der Waals surface area (Å²) in [7, 11) is 0. The second-order valence-electron chi connectivity index (χ2n) is 3.95. The molecule has 0 saturated heterocycles. The first kappa shape index (κ1) is 12.8. The van der Waals surface area contributed by atoms with E-state index in [-0.39, 0.29) is 12.6 Å². The van der Waals surface area contributed by atoms with E-state index < -0.39 is 17.7 Å². The Kier molecular flexibility index (Phi) is 4.58. The number of nitrogens with one attached hydrogen (secondary N) is 1. The first-order valence-corrected chi connectivity index (χ1v) is 5.22. The van der Waals surface area contributed by atoms with Gasteiger partial charge in [0.05, 0.1) is 0 Å². The average Bonchev–Trinajstić information content (AvgIpc) is 2.26. The zero-order chi connectivity index (χ0) is 12.1. The summed E-state index contributed by atoms with van der Waals surface area (Å²) in [4.78, 5) is 11.7. The van der Waals surface area contributed by atoms with Gasteiger partial charge in [-0.25, -0.2) is 4.39 Å². The number of aliphatic hydroxyl groups is 1. The van der Waals surface area contributed by atoms with E-state index in [9.17, 15) is 14.3 Å². The molecule has 0 saturated carbocycles. The molecule has 0 aliphatic heterocycles. The summed E-state index contributed by atoms with van der Waals surface area (Å²) in [6.07, 6.45) is -1.09. The summed E-state index contributed by atoms with van der Waals surface area (Å²) in [6, 6.07) is 5.36. The molecule has 88 valence electrons. The van der Waals surface area contributed by atoms with Gasteiger partial charge in [0.2, 0.25) is 0 Å². The molecule has 0 aliphatic carbocycles. The SMILES string of the molecule is CC(C)NCC(O)C(=O)c1ccc(F)cc1. The molecule has 1 aromatic carbocycles. The fourth-order valence-corrected chi connectivity index (χ4v) is 1.25. The van der Waals surface area contributed by atoms with Crippen molar-refractivity contribution in [3.63, 3.8) is 0 Å². The summed E-state index contributed by atoms with van der Waals surface area (Å²) in [5.41, 5.74) is 0.319. The minimum atomic E-state index is -1.09. The van der Waals surface area contributed by atoms with Crippen LogP contribution in [0, 0.1) is 5.82 Å². The van der Waals surface area contributed by atoms with Gasteiger partial charge in [0.1, 0.15) is 11.9 Å². The molecule has 0 amide bonds. The summed E-state index contributed by atoms with van der Waals surface area (Å²) >= 11 is 0. The summed E-state index contributed by atoms with van der Waals surface area (Å²) < 4.78 is 12.6. The van der Waals surface area contributed by atoms with Crippen LogP contribution in [0.1, 0.15) is 24.2 Å². The van der Waals surface area contributed by atoms with Crippen molar-refractivity contribution >= 4 is 5.78 Å². The molecular weight excluding hydrogens is 209 g/mol. The highest BCUT2D eigenvalue weighted by Gasteiger charge is 2.16. The normalized spacial score (nSPS) is 12.8. The Morgan fingerprint density at radius 3 is 2.44 bits per heavy atom. The molecule has 16 heavy (non-hydrogen) atoms. The summed E-state index contributed by atoms with van der Waals surface area (Å²) in [5, 5.41) is 12.5. The van der Waals surface area contributed by atoms with Crippen LogP contribution in [-0.2, 0) is 0 Å². The highest BCUT2D eigenvalue weighted by Crippen LogP contribution is 2.06. The van der Waals surface area contributed by atoms with E-state index in [2.05, 4.69) is 5.32 Å². The van der Waals surface area contributed by atoms with E-state index in [1.54, 1.807) is 0 Å². The lowest BCUT2D eigenvalue weighted by Crippen LogP contribution is -2.36. The lowest BCUT2D eigenvalue weighted by atomic mass is 10.1. The number of ketones is 1. The number of halogens is 1. The van der Waals surface area contributed by atoms with E-state index in [1.165, 1.54) is 24.3 Å². The quantitative estimate of drug-likeness (QED) is 0.744. The third kappa shape index (κ3) is 3.72. The first-order chi connectivity index (χ1) is 7.50. The number of benzene rings is 1. The van der Waals surface area contributed by atoms with Crippen LogP contribution < -0.4 is 5.32 Å². The van der Waals surface area contributed by atoms with Crippen LogP contribution in [0.25, 0.3) is 0 Å². The Balaban J connectivity index is 2.60. The van der Waals surface area contributed by atoms with E-state index in [1.807, 2.05) is 13.8 Å². The largest absolute Gasteiger partial charge is 0.384 e. The lowest BCUT2D eigenvalue weighted by Gasteiger charge is -2.13. The zero-order valence-electron chi connectivity index (χ0n) is 9.40. The third-order valence-electron chi connectivity index (χ3n) is 2.15. The van der Waals surface area contributed by atoms with Gasteiger partial charge < -0.3 is 10.4 Å². The van der Waals surface area contributed by atoms with Gasteiger partial charge in [-0.15, -0.1) is 0 Å². The van der Waals surface area contributed by atoms with Crippen molar-refractivity contribution in [2.75, 3.05) is 6.54 Å². The summed E-state index contributed by atoms with van der Waals surface area (Å²) in [6.45, 7) is 4.05. The molecule has 0 fully saturated rings. The predicted octanol–water partition coefficient (Wildman–Crippen LogP) is 1.37. The smallest absolute Gasteiger partial charge is 0.192 e. The van der Waals surface area contributed by atoms with Gasteiger partial charge in [0.15, 0.2) is 5.78 Å². The fourth-order valence-electron chi connectivity index (χ4n) is 1.25. The Morgan fingerprint density at radius 2 is 1.94 bits per heavy atom. The monoisotopic (exact) mass is 225 g/mol. The maximum atomic E-state index is 12.6. The number of carbonyl (C=O) groups is 1. The fraction of sp³-hybridized carbons (Fsp3) is 0.417. The van der Waals surface area contributed by atoms with E-state index in [0.29, 0.717) is 5.56 Å². The average molecular weight is 225 g/mol. The molecule has 0 spiro atoms. The second kappa shape index (κ2) is 5.72. The second-order valence-corrected chi connectivity index (χ2v) is 3.95. The number of hydrogen-bond acceptors (Lipinski definition) is 3. The van der Waals surface area contributed by atoms with Crippen LogP contribution in [0.2, 0.25) is 0 Å². The van der Waals surface area contributed by atoms with Crippen LogP contribution in [0.3, 0.4) is 0 Å². The third-order valence-corrected chi connectivity index (χ3v) is 2.15. The molecular formula is C12H16FNO2. The number of aliphatic hydroxyl groups excluding tert-OH is 1. The van der Waals surface area contributed by atoms with Crippen molar-refractivity contribution in [3.8, 4) is 0 Å². The molecule has 0 aromatic heterocycles. The maximum Gasteiger partial charge on any atom is 0.192 e. The van der Waals surface area contributed by atoms with Gasteiger partial charge in [-0.3, -0.25) is 4.79 Å². The minimum Gasteiger partial charge on any atom is -0.384 e. The van der Waals surface area contributed by atoms with Gasteiger partial charge in [-0.2, -0.15) is 0 Å². The Hall–Kier alpha value is -1.26. The molecule has 0 radical (unpaired) electrons. The highest BCUT2D eigenvalue weighted by molar-refractivity contribution is 5.99. The van der Waals surface area contributed by atoms with Crippen molar-refractivity contribution in [1.29, 1.82) is 0 Å². The molecule has 1 unspecified atom stereocenters. The van der Waals surface area contributed by atoms with E-state index in [0.717, 1.165) is 0 Å². The molecule has 4 heteroatoms. The standard InChI is InChI=1S/C12H16FNO2/c1-8(2)14-7-11(15)12(16)9-3-5-10(13)6-4-9/h3-6,8,11,14-15H,7H2,1-2H3. The first-order valence-electron chi connectivity index (χ1n) is 5.22. The van der Waals surface area contributed by atoms with Gasteiger partial charge in [0.25, 0.3) is 0 Å². The summed E-state index contributed by atoms with van der Waals surface area (Å²) in [5.74, 6) is -0.792. The van der Waals surface area contributed by atoms with E-state index in [4.69, 9.17) is 0 Å². The maximum absolute atomic E-state index is 12.6. The van der Waals surface area contributed by atoms with Crippen LogP contribution in [0.15, 0.2) is 24.3 Å². The van der Waals surface area contributed by atoms with Crippen molar-refractivity contribution < 1.29 is 14.3 Å². The van der Waals surface area contributed by atoms with Gasteiger partial charge >= 0.3 is 0 Å². The Bertz CT molecular complexity index is 349. The van der Waals surface area contributed by atoms with Crippen LogP contribution in [-0.4, -0.2) is 29.6 Å². The van der Waals surface area contributed by atoms with Gasteiger partial charge in [0, 0.05) is 18.2 Å². The molecule has 0 bridgehead atoms. The molecule has 0 aliphatic rings. The van der Waals surface area contributed by atoms with E-state index >= 15 is 0 Å². The topological polar surface area (TPSA) is 49.3 Å². The van der Waals surface area contributed by atoms with Crippen LogP contribution in [0.4, 0.5) is 4.39 Å². The minimum absolute atomic E-state index is 0.202. The number of carbonyl (C=O) groups excluding carboxylic acids is 1. The van der Waals surface area contributed by atoms with Crippen molar-refractivity contribution in [2.24, 2.45) is 0 Å². The van der Waals surface area contributed by atoms with Crippen molar-refractivity contribution in [2.45, 2.75) is 26.0 Å². The number of rotatable bonds is 5.